The minimum Gasteiger partial charge on any atom is -0.444 e. The fraction of sp³-hybridized carbons (Fsp3) is 0.471. The number of carbonyl (C=O) groups is 1. The second kappa shape index (κ2) is 6.55. The van der Waals surface area contributed by atoms with Crippen LogP contribution in [0.4, 0.5) is 4.79 Å². The Labute approximate surface area is 149 Å². The molecule has 1 atom stereocenters. The number of pyridine rings is 1. The number of ether oxygens (including phenoxy) is 1. The van der Waals surface area contributed by atoms with E-state index in [1.54, 1.807) is 4.90 Å². The summed E-state index contributed by atoms with van der Waals surface area (Å²) in [5.74, 6) is 0.242. The largest absolute Gasteiger partial charge is 0.444 e. The van der Waals surface area contributed by atoms with Crippen LogP contribution in [0.2, 0.25) is 0 Å². The number of nitrogens with zero attached hydrogens (tertiary/aromatic N) is 3. The van der Waals surface area contributed by atoms with Gasteiger partial charge in [0, 0.05) is 24.7 Å². The third-order valence-electron chi connectivity index (χ3n) is 3.85. The van der Waals surface area contributed by atoms with Crippen LogP contribution in [0.5, 0.6) is 0 Å². The Morgan fingerprint density at radius 3 is 2.88 bits per heavy atom. The summed E-state index contributed by atoms with van der Waals surface area (Å²) in [6.07, 6.45) is 0.644. The summed E-state index contributed by atoms with van der Waals surface area (Å²) in [7, 11) is 0. The van der Waals surface area contributed by atoms with E-state index in [0.29, 0.717) is 13.1 Å². The van der Waals surface area contributed by atoms with Crippen LogP contribution in [0.25, 0.3) is 11.4 Å². The lowest BCUT2D eigenvalue weighted by Gasteiger charge is -2.24. The van der Waals surface area contributed by atoms with Gasteiger partial charge < -0.3 is 9.64 Å². The molecule has 1 unspecified atom stereocenters. The van der Waals surface area contributed by atoms with Gasteiger partial charge in [0.25, 0.3) is 0 Å². The van der Waals surface area contributed by atoms with Crippen LogP contribution in [0.3, 0.4) is 0 Å². The van der Waals surface area contributed by atoms with Crippen molar-refractivity contribution >= 4 is 22.0 Å². The SMILES string of the molecule is CC(C)(C)OC(=O)N1CCC(c2cc(-c3cccc(Br)n3)n[nH]2)C1. The molecule has 1 aliphatic rings. The molecule has 1 aliphatic heterocycles. The first-order chi connectivity index (χ1) is 11.3. The Bertz CT molecular complexity index is 738. The average molecular weight is 393 g/mol. The molecule has 1 N–H and O–H groups in total. The van der Waals surface area contributed by atoms with Gasteiger partial charge in [0.1, 0.15) is 15.9 Å². The third kappa shape index (κ3) is 3.95. The number of rotatable bonds is 2. The Balaban J connectivity index is 1.68. The maximum Gasteiger partial charge on any atom is 0.410 e. The first-order valence-electron chi connectivity index (χ1n) is 7.98. The predicted molar refractivity (Wildman–Crippen MR) is 94.7 cm³/mol. The minimum absolute atomic E-state index is 0.242. The molecule has 1 fully saturated rings. The van der Waals surface area contributed by atoms with E-state index in [4.69, 9.17) is 4.74 Å². The zero-order chi connectivity index (χ0) is 17.3. The van der Waals surface area contributed by atoms with Gasteiger partial charge in [-0.2, -0.15) is 5.10 Å². The van der Waals surface area contributed by atoms with Crippen LogP contribution in [-0.4, -0.2) is 44.9 Å². The topological polar surface area (TPSA) is 71.1 Å². The van der Waals surface area contributed by atoms with E-state index in [0.717, 1.165) is 28.1 Å². The lowest BCUT2D eigenvalue weighted by atomic mass is 10.0. The van der Waals surface area contributed by atoms with E-state index in [1.807, 2.05) is 45.0 Å². The zero-order valence-corrected chi connectivity index (χ0v) is 15.6. The second-order valence-electron chi connectivity index (χ2n) is 6.97. The van der Waals surface area contributed by atoms with Crippen LogP contribution in [-0.2, 0) is 4.74 Å². The van der Waals surface area contributed by atoms with E-state index in [9.17, 15) is 4.79 Å². The van der Waals surface area contributed by atoms with Gasteiger partial charge in [-0.05, 0) is 61.3 Å². The van der Waals surface area contributed by atoms with E-state index >= 15 is 0 Å². The third-order valence-corrected chi connectivity index (χ3v) is 4.30. The highest BCUT2D eigenvalue weighted by Gasteiger charge is 2.31. The molecule has 3 heterocycles. The van der Waals surface area contributed by atoms with Crippen molar-refractivity contribution in [1.29, 1.82) is 0 Å². The molecule has 0 bridgehead atoms. The summed E-state index contributed by atoms with van der Waals surface area (Å²) in [5.41, 5.74) is 2.18. The molecule has 1 amide bonds. The summed E-state index contributed by atoms with van der Waals surface area (Å²) in [6.45, 7) is 6.98. The maximum atomic E-state index is 12.2. The standard InChI is InChI=1S/C17H21BrN4O2/c1-17(2,3)24-16(23)22-8-7-11(10-22)13-9-14(21-20-13)12-5-4-6-15(18)19-12/h4-6,9,11H,7-8,10H2,1-3H3,(H,20,21). The molecule has 0 saturated carbocycles. The lowest BCUT2D eigenvalue weighted by Crippen LogP contribution is -2.35. The highest BCUT2D eigenvalue weighted by Crippen LogP contribution is 2.29. The highest BCUT2D eigenvalue weighted by atomic mass is 79.9. The molecule has 6 nitrogen and oxygen atoms in total. The number of nitrogens with one attached hydrogen (secondary N) is 1. The molecule has 0 radical (unpaired) electrons. The molecule has 0 aromatic carbocycles. The van der Waals surface area contributed by atoms with Gasteiger partial charge in [-0.25, -0.2) is 9.78 Å². The molecule has 3 rings (SSSR count). The van der Waals surface area contributed by atoms with Crippen molar-refractivity contribution < 1.29 is 9.53 Å². The summed E-state index contributed by atoms with van der Waals surface area (Å²) in [4.78, 5) is 18.3. The molecule has 24 heavy (non-hydrogen) atoms. The number of aromatic amines is 1. The highest BCUT2D eigenvalue weighted by molar-refractivity contribution is 9.10. The van der Waals surface area contributed by atoms with Crippen molar-refractivity contribution in [3.05, 3.63) is 34.6 Å². The van der Waals surface area contributed by atoms with Crippen LogP contribution in [0, 0.1) is 0 Å². The van der Waals surface area contributed by atoms with Gasteiger partial charge in [-0.15, -0.1) is 0 Å². The van der Waals surface area contributed by atoms with Crippen molar-refractivity contribution in [2.24, 2.45) is 0 Å². The summed E-state index contributed by atoms with van der Waals surface area (Å²) < 4.78 is 6.22. The Hall–Kier alpha value is -1.89. The van der Waals surface area contributed by atoms with Gasteiger partial charge in [-0.1, -0.05) is 6.07 Å². The number of aromatic nitrogens is 3. The van der Waals surface area contributed by atoms with Gasteiger partial charge in [0.2, 0.25) is 0 Å². The second-order valence-corrected chi connectivity index (χ2v) is 7.78. The quantitative estimate of drug-likeness (QED) is 0.785. The monoisotopic (exact) mass is 392 g/mol. The van der Waals surface area contributed by atoms with E-state index < -0.39 is 5.60 Å². The molecule has 2 aromatic heterocycles. The van der Waals surface area contributed by atoms with Crippen molar-refractivity contribution in [3.8, 4) is 11.4 Å². The molecular weight excluding hydrogens is 372 g/mol. The predicted octanol–water partition coefficient (Wildman–Crippen LogP) is 3.96. The van der Waals surface area contributed by atoms with Crippen LogP contribution in [0.1, 0.15) is 38.8 Å². The number of amides is 1. The van der Waals surface area contributed by atoms with Gasteiger partial charge in [0.15, 0.2) is 0 Å². The molecule has 128 valence electrons. The smallest absolute Gasteiger partial charge is 0.410 e. The van der Waals surface area contributed by atoms with E-state index in [-0.39, 0.29) is 12.0 Å². The number of likely N-dealkylation sites (tertiary alicyclic amines) is 1. The molecule has 0 spiro atoms. The molecular formula is C17H21BrN4O2. The number of hydrogen-bond donors (Lipinski definition) is 1. The first-order valence-corrected chi connectivity index (χ1v) is 8.77. The molecule has 7 heteroatoms. The fourth-order valence-electron chi connectivity index (χ4n) is 2.73. The van der Waals surface area contributed by atoms with Gasteiger partial charge in [0.05, 0.1) is 5.69 Å². The number of H-pyrrole nitrogens is 1. The zero-order valence-electron chi connectivity index (χ0n) is 14.0. The Morgan fingerprint density at radius 2 is 2.17 bits per heavy atom. The molecule has 2 aromatic rings. The lowest BCUT2D eigenvalue weighted by molar-refractivity contribution is 0.0292. The summed E-state index contributed by atoms with van der Waals surface area (Å²) in [6, 6.07) is 7.75. The average Bonchev–Trinajstić information content (AvgIpc) is 3.15. The molecule has 1 saturated heterocycles. The fourth-order valence-corrected chi connectivity index (χ4v) is 3.08. The van der Waals surface area contributed by atoms with Crippen molar-refractivity contribution in [2.75, 3.05) is 13.1 Å². The van der Waals surface area contributed by atoms with E-state index in [1.165, 1.54) is 0 Å². The Morgan fingerprint density at radius 1 is 1.38 bits per heavy atom. The van der Waals surface area contributed by atoms with Crippen LogP contribution < -0.4 is 0 Å². The van der Waals surface area contributed by atoms with Gasteiger partial charge in [-0.3, -0.25) is 5.10 Å². The summed E-state index contributed by atoms with van der Waals surface area (Å²) in [5, 5.41) is 7.45. The van der Waals surface area contributed by atoms with E-state index in [2.05, 4.69) is 31.1 Å². The Kier molecular flexibility index (Phi) is 4.62. The van der Waals surface area contributed by atoms with Crippen LogP contribution >= 0.6 is 15.9 Å². The first kappa shape index (κ1) is 17.0. The summed E-state index contributed by atoms with van der Waals surface area (Å²) >= 11 is 3.37. The minimum atomic E-state index is -0.470. The maximum absolute atomic E-state index is 12.2. The molecule has 0 aliphatic carbocycles. The number of hydrogen-bond acceptors (Lipinski definition) is 4. The van der Waals surface area contributed by atoms with Crippen LogP contribution in [0.15, 0.2) is 28.9 Å². The van der Waals surface area contributed by atoms with Gasteiger partial charge >= 0.3 is 6.09 Å². The number of halogens is 1. The van der Waals surface area contributed by atoms with Crippen molar-refractivity contribution in [3.63, 3.8) is 0 Å². The number of carbonyl (C=O) groups excluding carboxylic acids is 1. The van der Waals surface area contributed by atoms with Crippen molar-refractivity contribution in [1.82, 2.24) is 20.1 Å². The normalized spacial score (nSPS) is 18.0. The van der Waals surface area contributed by atoms with Crippen molar-refractivity contribution in [2.45, 2.75) is 38.7 Å².